The molecule has 0 spiro atoms. The van der Waals surface area contributed by atoms with Gasteiger partial charge in [-0.2, -0.15) is 0 Å². The zero-order valence-electron chi connectivity index (χ0n) is 24.1. The van der Waals surface area contributed by atoms with Gasteiger partial charge in [0.25, 0.3) is 0 Å². The maximum Gasteiger partial charge on any atom is 0.0998 e. The first-order valence-electron chi connectivity index (χ1n) is 13.6. The summed E-state index contributed by atoms with van der Waals surface area (Å²) in [7, 11) is 0. The quantitative estimate of drug-likeness (QED) is 0.233. The van der Waals surface area contributed by atoms with Gasteiger partial charge < -0.3 is 20.4 Å². The van der Waals surface area contributed by atoms with Gasteiger partial charge in [0.05, 0.1) is 12.2 Å². The van der Waals surface area contributed by atoms with Crippen molar-refractivity contribution < 1.29 is 20.4 Å². The van der Waals surface area contributed by atoms with E-state index in [9.17, 15) is 20.4 Å². The summed E-state index contributed by atoms with van der Waals surface area (Å²) in [6.45, 7) is 17.2. The summed E-state index contributed by atoms with van der Waals surface area (Å²) >= 11 is 0. The molecule has 0 radical (unpaired) electrons. The summed E-state index contributed by atoms with van der Waals surface area (Å²) in [5.74, 6) is 0. The second kappa shape index (κ2) is 11.9. The standard InChI is InChI=1S/C32H52O4/c1-29(2,21-33)15-9-11-23-17-31(5,6)19-25(27(23)35)13-14-26-20-32(7,8)18-24(28(26)36)12-10-16-30(3,4)22-34/h13-14,17-20,27-28,33-36H,9-12,15-16,21-22H2,1-8H3/b14-13-. The molecule has 0 saturated heterocycles. The lowest BCUT2D eigenvalue weighted by atomic mass is 9.76. The third-order valence-electron chi connectivity index (χ3n) is 7.49. The van der Waals surface area contributed by atoms with Crippen LogP contribution in [0.4, 0.5) is 0 Å². The molecule has 204 valence electrons. The van der Waals surface area contributed by atoms with Crippen molar-refractivity contribution in [2.75, 3.05) is 13.2 Å². The van der Waals surface area contributed by atoms with E-state index in [1.54, 1.807) is 0 Å². The van der Waals surface area contributed by atoms with Gasteiger partial charge >= 0.3 is 0 Å². The second-order valence-corrected chi connectivity index (χ2v) is 13.9. The molecule has 4 nitrogen and oxygen atoms in total. The van der Waals surface area contributed by atoms with E-state index in [0.29, 0.717) is 0 Å². The maximum atomic E-state index is 11.2. The molecule has 2 rings (SSSR count). The highest BCUT2D eigenvalue weighted by Crippen LogP contribution is 2.38. The largest absolute Gasteiger partial charge is 0.396 e. The molecule has 0 aromatic rings. The van der Waals surface area contributed by atoms with Crippen LogP contribution >= 0.6 is 0 Å². The molecule has 2 aliphatic rings. The fourth-order valence-corrected chi connectivity index (χ4v) is 5.23. The third-order valence-corrected chi connectivity index (χ3v) is 7.49. The van der Waals surface area contributed by atoms with Crippen LogP contribution in [0.15, 0.2) is 58.7 Å². The van der Waals surface area contributed by atoms with Gasteiger partial charge in [-0.15, -0.1) is 0 Å². The summed E-state index contributed by atoms with van der Waals surface area (Å²) < 4.78 is 0. The van der Waals surface area contributed by atoms with Crippen molar-refractivity contribution in [2.45, 2.75) is 106 Å². The van der Waals surface area contributed by atoms with Crippen molar-refractivity contribution >= 4 is 0 Å². The van der Waals surface area contributed by atoms with Crippen molar-refractivity contribution in [3.8, 4) is 0 Å². The molecule has 4 N–H and O–H groups in total. The van der Waals surface area contributed by atoms with Gasteiger partial charge in [0.2, 0.25) is 0 Å². The predicted molar refractivity (Wildman–Crippen MR) is 150 cm³/mol. The van der Waals surface area contributed by atoms with Crippen LogP contribution in [0.2, 0.25) is 0 Å². The van der Waals surface area contributed by atoms with Crippen LogP contribution in [0.25, 0.3) is 0 Å². The Kier molecular flexibility index (Phi) is 10.2. The fourth-order valence-electron chi connectivity index (χ4n) is 5.23. The zero-order chi connectivity index (χ0) is 27.4. The number of aliphatic hydroxyl groups is 4. The molecular formula is C32H52O4. The minimum atomic E-state index is -0.656. The monoisotopic (exact) mass is 500 g/mol. The van der Waals surface area contributed by atoms with Crippen LogP contribution in [0.3, 0.4) is 0 Å². The van der Waals surface area contributed by atoms with E-state index in [4.69, 9.17) is 0 Å². The average molecular weight is 501 g/mol. The molecule has 0 aliphatic heterocycles. The summed E-state index contributed by atoms with van der Waals surface area (Å²) in [4.78, 5) is 0. The number of rotatable bonds is 12. The smallest absolute Gasteiger partial charge is 0.0998 e. The van der Waals surface area contributed by atoms with E-state index in [2.05, 4.69) is 79.7 Å². The van der Waals surface area contributed by atoms with E-state index in [-0.39, 0.29) is 34.9 Å². The number of hydrogen-bond acceptors (Lipinski definition) is 4. The van der Waals surface area contributed by atoms with Crippen LogP contribution in [0, 0.1) is 21.7 Å². The minimum Gasteiger partial charge on any atom is -0.396 e. The second-order valence-electron chi connectivity index (χ2n) is 13.9. The van der Waals surface area contributed by atoms with E-state index in [1.165, 1.54) is 0 Å². The van der Waals surface area contributed by atoms with E-state index < -0.39 is 12.2 Å². The van der Waals surface area contributed by atoms with Gasteiger partial charge in [-0.1, -0.05) is 91.8 Å². The highest BCUT2D eigenvalue weighted by molar-refractivity contribution is 5.45. The molecule has 0 fully saturated rings. The molecular weight excluding hydrogens is 448 g/mol. The Morgan fingerprint density at radius 2 is 1.00 bits per heavy atom. The number of aliphatic hydroxyl groups excluding tert-OH is 4. The number of allylic oxidation sites excluding steroid dienone is 4. The maximum absolute atomic E-state index is 11.2. The van der Waals surface area contributed by atoms with Gasteiger partial charge in [-0.25, -0.2) is 0 Å². The predicted octanol–water partition coefficient (Wildman–Crippen LogP) is 6.43. The van der Waals surface area contributed by atoms with Gasteiger partial charge in [0, 0.05) is 24.0 Å². The molecule has 0 heterocycles. The molecule has 0 saturated carbocycles. The first-order valence-corrected chi connectivity index (χ1v) is 13.6. The molecule has 0 aromatic heterocycles. The van der Waals surface area contributed by atoms with Gasteiger partial charge in [-0.05, 0) is 71.6 Å². The Bertz CT molecular complexity index is 834. The SMILES string of the molecule is CC1(C)C=C(/C=C\C2=CC(C)(C)C=C(CCCC(C)(C)CO)C2O)C(O)C(CCCC(C)(C)CO)=C1. The summed E-state index contributed by atoms with van der Waals surface area (Å²) in [5.41, 5.74) is 3.25. The molecule has 4 heteroatoms. The lowest BCUT2D eigenvalue weighted by molar-refractivity contribution is 0.147. The summed E-state index contributed by atoms with van der Waals surface area (Å²) in [6, 6.07) is 0. The lowest BCUT2D eigenvalue weighted by Crippen LogP contribution is -2.25. The molecule has 0 aromatic carbocycles. The third kappa shape index (κ3) is 9.13. The lowest BCUT2D eigenvalue weighted by Gasteiger charge is -2.31. The van der Waals surface area contributed by atoms with Crippen LogP contribution < -0.4 is 0 Å². The van der Waals surface area contributed by atoms with Gasteiger partial charge in [-0.3, -0.25) is 0 Å². The Labute approximate surface area is 220 Å². The van der Waals surface area contributed by atoms with E-state index in [0.717, 1.165) is 60.8 Å². The van der Waals surface area contributed by atoms with Crippen molar-refractivity contribution in [3.05, 3.63) is 58.7 Å². The topological polar surface area (TPSA) is 80.9 Å². The summed E-state index contributed by atoms with van der Waals surface area (Å²) in [6.07, 6.45) is 16.5. The van der Waals surface area contributed by atoms with Crippen molar-refractivity contribution in [1.29, 1.82) is 0 Å². The van der Waals surface area contributed by atoms with Crippen LogP contribution in [0.1, 0.15) is 93.9 Å². The molecule has 2 unspecified atom stereocenters. The summed E-state index contributed by atoms with van der Waals surface area (Å²) in [5, 5.41) is 41.4. The first-order chi connectivity index (χ1) is 16.5. The molecule has 2 atom stereocenters. The molecule has 0 bridgehead atoms. The van der Waals surface area contributed by atoms with E-state index in [1.807, 2.05) is 12.2 Å². The fraction of sp³-hybridized carbons (Fsp3) is 0.688. The normalized spacial score (nSPS) is 24.3. The highest BCUT2D eigenvalue weighted by Gasteiger charge is 2.29. The molecule has 0 amide bonds. The van der Waals surface area contributed by atoms with Crippen LogP contribution in [0.5, 0.6) is 0 Å². The average Bonchev–Trinajstić information content (AvgIpc) is 2.76. The Hall–Kier alpha value is -1.46. The Morgan fingerprint density at radius 3 is 1.31 bits per heavy atom. The molecule has 36 heavy (non-hydrogen) atoms. The van der Waals surface area contributed by atoms with Gasteiger partial charge in [0.15, 0.2) is 0 Å². The zero-order valence-corrected chi connectivity index (χ0v) is 24.1. The van der Waals surface area contributed by atoms with Crippen molar-refractivity contribution in [3.63, 3.8) is 0 Å². The van der Waals surface area contributed by atoms with Crippen LogP contribution in [-0.2, 0) is 0 Å². The first kappa shape index (κ1) is 30.8. The van der Waals surface area contributed by atoms with Crippen molar-refractivity contribution in [1.82, 2.24) is 0 Å². The Balaban J connectivity index is 2.14. The van der Waals surface area contributed by atoms with Crippen molar-refractivity contribution in [2.24, 2.45) is 21.7 Å². The van der Waals surface area contributed by atoms with Crippen LogP contribution in [-0.4, -0.2) is 45.8 Å². The Morgan fingerprint density at radius 1 is 0.667 bits per heavy atom. The number of hydrogen-bond donors (Lipinski definition) is 4. The van der Waals surface area contributed by atoms with E-state index >= 15 is 0 Å². The molecule has 2 aliphatic carbocycles. The van der Waals surface area contributed by atoms with Gasteiger partial charge in [0.1, 0.15) is 0 Å². The highest BCUT2D eigenvalue weighted by atomic mass is 16.3. The minimum absolute atomic E-state index is 0.107.